The Morgan fingerprint density at radius 3 is 2.60 bits per heavy atom. The molecule has 20 heavy (non-hydrogen) atoms. The van der Waals surface area contributed by atoms with Gasteiger partial charge in [0.15, 0.2) is 0 Å². The number of hydrogen-bond donors (Lipinski definition) is 2. The molecule has 0 spiro atoms. The predicted molar refractivity (Wildman–Crippen MR) is 81.2 cm³/mol. The van der Waals surface area contributed by atoms with Crippen molar-refractivity contribution in [3.8, 4) is 0 Å². The van der Waals surface area contributed by atoms with Gasteiger partial charge in [-0.1, -0.05) is 17.7 Å². The highest BCUT2D eigenvalue weighted by Crippen LogP contribution is 2.32. The Morgan fingerprint density at radius 1 is 1.30 bits per heavy atom. The molecule has 0 amide bonds. The van der Waals surface area contributed by atoms with Crippen LogP contribution in [-0.2, 0) is 10.0 Å². The average molecular weight is 397 g/mol. The van der Waals surface area contributed by atoms with E-state index in [0.717, 1.165) is 0 Å². The van der Waals surface area contributed by atoms with Crippen molar-refractivity contribution in [3.63, 3.8) is 0 Å². The third kappa shape index (κ3) is 3.14. The second-order valence-corrected chi connectivity index (χ2v) is 7.82. The van der Waals surface area contributed by atoms with E-state index in [0.29, 0.717) is 20.8 Å². The molecule has 2 aromatic rings. The van der Waals surface area contributed by atoms with E-state index in [2.05, 4.69) is 20.7 Å². The zero-order valence-electron chi connectivity index (χ0n) is 9.63. The Labute approximate surface area is 132 Å². The Hall–Kier alpha value is -1.09. The van der Waals surface area contributed by atoms with Gasteiger partial charge in [-0.15, -0.1) is 11.3 Å². The van der Waals surface area contributed by atoms with Gasteiger partial charge in [-0.2, -0.15) is 0 Å². The summed E-state index contributed by atoms with van der Waals surface area (Å²) in [7, 11) is -3.85. The lowest BCUT2D eigenvalue weighted by Crippen LogP contribution is -2.11. The second-order valence-electron chi connectivity index (χ2n) is 3.63. The van der Waals surface area contributed by atoms with E-state index in [1.807, 2.05) is 0 Å². The van der Waals surface area contributed by atoms with Crippen LogP contribution in [0.25, 0.3) is 0 Å². The van der Waals surface area contributed by atoms with Crippen molar-refractivity contribution in [3.05, 3.63) is 44.7 Å². The number of aromatic carboxylic acids is 1. The van der Waals surface area contributed by atoms with Crippen molar-refractivity contribution in [1.82, 2.24) is 0 Å². The van der Waals surface area contributed by atoms with E-state index in [9.17, 15) is 13.2 Å². The Bertz CT molecular complexity index is 772. The summed E-state index contributed by atoms with van der Waals surface area (Å²) >= 11 is 9.74. The first kappa shape index (κ1) is 15.3. The van der Waals surface area contributed by atoms with Gasteiger partial charge in [0.1, 0.15) is 9.09 Å². The largest absolute Gasteiger partial charge is 0.477 e. The molecular weight excluding hydrogens is 390 g/mol. The van der Waals surface area contributed by atoms with Gasteiger partial charge in [-0.25, -0.2) is 13.2 Å². The molecule has 2 rings (SSSR count). The molecule has 1 heterocycles. The van der Waals surface area contributed by atoms with Crippen LogP contribution in [-0.4, -0.2) is 19.5 Å². The fourth-order valence-electron chi connectivity index (χ4n) is 1.36. The minimum atomic E-state index is -3.85. The number of carbonyl (C=O) groups is 1. The summed E-state index contributed by atoms with van der Waals surface area (Å²) in [5.74, 6) is -1.17. The molecule has 1 aromatic heterocycles. The van der Waals surface area contributed by atoms with Crippen molar-refractivity contribution in [2.24, 2.45) is 0 Å². The number of sulfonamides is 1. The van der Waals surface area contributed by atoms with Crippen LogP contribution in [0.4, 0.5) is 5.69 Å². The fourth-order valence-corrected chi connectivity index (χ4v) is 4.24. The summed E-state index contributed by atoms with van der Waals surface area (Å²) in [6.45, 7) is 0. The minimum absolute atomic E-state index is 0.0458. The molecule has 0 atom stereocenters. The van der Waals surface area contributed by atoms with E-state index < -0.39 is 16.0 Å². The second kappa shape index (κ2) is 5.72. The first-order valence-electron chi connectivity index (χ1n) is 5.11. The van der Waals surface area contributed by atoms with Crippen LogP contribution in [0.2, 0.25) is 5.02 Å². The number of anilines is 1. The standard InChI is InChI=1S/C11H7BrClNO4S2/c12-10-6(13)2-1-3-7(10)14-20(17,18)9-5-4-8(19-9)11(15)16/h1-5,14H,(H,15,16). The predicted octanol–water partition coefficient (Wildman–Crippen LogP) is 3.66. The maximum absolute atomic E-state index is 12.1. The highest BCUT2D eigenvalue weighted by atomic mass is 79.9. The molecule has 0 saturated heterocycles. The van der Waals surface area contributed by atoms with Gasteiger partial charge in [0.25, 0.3) is 10.0 Å². The lowest BCUT2D eigenvalue weighted by Gasteiger charge is -2.08. The molecule has 0 radical (unpaired) electrons. The molecule has 5 nitrogen and oxygen atoms in total. The molecule has 0 unspecified atom stereocenters. The fraction of sp³-hybridized carbons (Fsp3) is 0. The first-order valence-corrected chi connectivity index (χ1v) is 8.58. The maximum atomic E-state index is 12.1. The summed E-state index contributed by atoms with van der Waals surface area (Å²) in [6, 6.07) is 7.24. The van der Waals surface area contributed by atoms with Crippen LogP contribution in [0.5, 0.6) is 0 Å². The van der Waals surface area contributed by atoms with E-state index in [-0.39, 0.29) is 14.8 Å². The number of hydrogen-bond acceptors (Lipinski definition) is 4. The van der Waals surface area contributed by atoms with Crippen LogP contribution < -0.4 is 4.72 Å². The molecular formula is C11H7BrClNO4S2. The van der Waals surface area contributed by atoms with Crippen molar-refractivity contribution < 1.29 is 18.3 Å². The minimum Gasteiger partial charge on any atom is -0.477 e. The third-order valence-electron chi connectivity index (χ3n) is 2.25. The topological polar surface area (TPSA) is 83.5 Å². The smallest absolute Gasteiger partial charge is 0.345 e. The Kier molecular flexibility index (Phi) is 4.38. The first-order chi connectivity index (χ1) is 9.31. The summed E-state index contributed by atoms with van der Waals surface area (Å²) in [4.78, 5) is 10.7. The van der Waals surface area contributed by atoms with Crippen LogP contribution in [0, 0.1) is 0 Å². The maximum Gasteiger partial charge on any atom is 0.345 e. The third-order valence-corrected chi connectivity index (χ3v) is 6.58. The normalized spacial score (nSPS) is 11.3. The van der Waals surface area contributed by atoms with Crippen LogP contribution in [0.3, 0.4) is 0 Å². The van der Waals surface area contributed by atoms with Crippen molar-refractivity contribution in [2.75, 3.05) is 4.72 Å². The van der Waals surface area contributed by atoms with E-state index in [4.69, 9.17) is 16.7 Å². The lowest BCUT2D eigenvalue weighted by molar-refractivity contribution is 0.0702. The van der Waals surface area contributed by atoms with E-state index in [1.54, 1.807) is 18.2 Å². The van der Waals surface area contributed by atoms with Crippen LogP contribution >= 0.6 is 38.9 Å². The van der Waals surface area contributed by atoms with Gasteiger partial charge < -0.3 is 5.11 Å². The van der Waals surface area contributed by atoms with Crippen LogP contribution in [0.1, 0.15) is 9.67 Å². The molecule has 9 heteroatoms. The highest BCUT2D eigenvalue weighted by Gasteiger charge is 2.20. The van der Waals surface area contributed by atoms with Gasteiger partial charge in [-0.05, 0) is 40.2 Å². The van der Waals surface area contributed by atoms with E-state index in [1.165, 1.54) is 12.1 Å². The SMILES string of the molecule is O=C(O)c1ccc(S(=O)(=O)Nc2cccc(Cl)c2Br)s1. The Balaban J connectivity index is 2.35. The van der Waals surface area contributed by atoms with Crippen molar-refractivity contribution in [2.45, 2.75) is 4.21 Å². The van der Waals surface area contributed by atoms with Gasteiger partial charge >= 0.3 is 5.97 Å². The molecule has 2 N–H and O–H groups in total. The molecule has 0 saturated carbocycles. The van der Waals surface area contributed by atoms with Crippen molar-refractivity contribution in [1.29, 1.82) is 0 Å². The number of rotatable bonds is 4. The molecule has 0 fully saturated rings. The number of carboxylic acid groups (broad SMARTS) is 1. The van der Waals surface area contributed by atoms with Gasteiger partial charge in [0, 0.05) is 0 Å². The van der Waals surface area contributed by atoms with Crippen LogP contribution in [0.15, 0.2) is 39.0 Å². The molecule has 106 valence electrons. The van der Waals surface area contributed by atoms with Gasteiger partial charge in [0.05, 0.1) is 15.2 Å². The Morgan fingerprint density at radius 2 is 2.00 bits per heavy atom. The quantitative estimate of drug-likeness (QED) is 0.826. The zero-order valence-corrected chi connectivity index (χ0v) is 13.6. The number of benzene rings is 1. The summed E-state index contributed by atoms with van der Waals surface area (Å²) in [5, 5.41) is 9.17. The summed E-state index contributed by atoms with van der Waals surface area (Å²) < 4.78 is 27.0. The number of thiophene rings is 1. The number of halogens is 2. The zero-order chi connectivity index (χ0) is 14.9. The van der Waals surface area contributed by atoms with Gasteiger partial charge in [0.2, 0.25) is 0 Å². The summed E-state index contributed by atoms with van der Waals surface area (Å²) in [5.41, 5.74) is 0.280. The number of carboxylic acids is 1. The van der Waals surface area contributed by atoms with Crippen molar-refractivity contribution >= 4 is 60.5 Å². The highest BCUT2D eigenvalue weighted by molar-refractivity contribution is 9.10. The molecule has 0 aliphatic rings. The van der Waals surface area contributed by atoms with Gasteiger partial charge in [-0.3, -0.25) is 4.72 Å². The molecule has 0 bridgehead atoms. The molecule has 1 aromatic carbocycles. The lowest BCUT2D eigenvalue weighted by atomic mass is 10.3. The average Bonchev–Trinajstić information content (AvgIpc) is 2.85. The van der Waals surface area contributed by atoms with E-state index >= 15 is 0 Å². The monoisotopic (exact) mass is 395 g/mol. The number of nitrogens with one attached hydrogen (secondary N) is 1. The molecule has 0 aliphatic heterocycles. The summed E-state index contributed by atoms with van der Waals surface area (Å²) in [6.07, 6.45) is 0. The molecule has 0 aliphatic carbocycles.